The van der Waals surface area contributed by atoms with Gasteiger partial charge in [-0.15, -0.1) is 0 Å². The molecule has 0 unspecified atom stereocenters. The molecule has 0 spiro atoms. The van der Waals surface area contributed by atoms with Gasteiger partial charge in [-0.2, -0.15) is 0 Å². The third-order valence-corrected chi connectivity index (χ3v) is 5.98. The molecular weight excluding hydrogens is 388 g/mol. The Morgan fingerprint density at radius 1 is 0.500 bits per heavy atom. The van der Waals surface area contributed by atoms with Gasteiger partial charge in [0.05, 0.1) is 11.0 Å². The minimum Gasteiger partial charge on any atom is -0.355 e. The average molecular weight is 411 g/mol. The first-order chi connectivity index (χ1) is 15.9. The lowest BCUT2D eigenvalue weighted by Crippen LogP contribution is -1.95. The number of anilines is 2. The molecular formula is C30H22N2. The molecule has 1 N–H and O–H groups in total. The summed E-state index contributed by atoms with van der Waals surface area (Å²) in [5.74, 6) is 0. The van der Waals surface area contributed by atoms with E-state index in [0.717, 1.165) is 11.4 Å². The molecule has 152 valence electrons. The molecule has 6 rings (SSSR count). The fraction of sp³-hybridized carbons (Fsp3) is 0. The maximum Gasteiger partial charge on any atom is 0.0542 e. The molecule has 1 heterocycles. The second-order valence-corrected chi connectivity index (χ2v) is 7.96. The largest absolute Gasteiger partial charge is 0.355 e. The van der Waals surface area contributed by atoms with Gasteiger partial charge in [-0.3, -0.25) is 0 Å². The number of hydrogen-bond donors (Lipinski definition) is 1. The van der Waals surface area contributed by atoms with E-state index in [0.29, 0.717) is 0 Å². The van der Waals surface area contributed by atoms with Gasteiger partial charge in [-0.25, -0.2) is 0 Å². The van der Waals surface area contributed by atoms with Crippen LogP contribution in [0.1, 0.15) is 0 Å². The number of aromatic nitrogens is 1. The van der Waals surface area contributed by atoms with Crippen LogP contribution >= 0.6 is 0 Å². The summed E-state index contributed by atoms with van der Waals surface area (Å²) >= 11 is 0. The van der Waals surface area contributed by atoms with Crippen molar-refractivity contribution in [3.63, 3.8) is 0 Å². The highest BCUT2D eigenvalue weighted by Gasteiger charge is 2.13. The Morgan fingerprint density at radius 2 is 1.16 bits per heavy atom. The standard InChI is InChI=1S/C30H22N2/c1-3-11-22(12-4-1)25-15-7-9-17-28(25)31-23-19-20-30-27(21-23)26-16-8-10-18-29(26)32(30)24-13-5-2-6-14-24/h1-21,31H. The maximum absolute atomic E-state index is 3.67. The van der Waals surface area contributed by atoms with Crippen LogP contribution in [0.15, 0.2) is 127 Å². The fourth-order valence-corrected chi connectivity index (χ4v) is 4.52. The minimum atomic E-state index is 1.08. The lowest BCUT2D eigenvalue weighted by Gasteiger charge is -2.13. The SMILES string of the molecule is c1ccc(-c2ccccc2Nc2ccc3c(c2)c2ccccc2n3-c2ccccc2)cc1. The molecule has 32 heavy (non-hydrogen) atoms. The summed E-state index contributed by atoms with van der Waals surface area (Å²) in [5.41, 5.74) is 8.18. The van der Waals surface area contributed by atoms with Gasteiger partial charge < -0.3 is 9.88 Å². The number of fused-ring (bicyclic) bond motifs is 3. The molecule has 0 saturated carbocycles. The number of nitrogens with one attached hydrogen (secondary N) is 1. The first kappa shape index (κ1) is 18.5. The van der Waals surface area contributed by atoms with Crippen LogP contribution < -0.4 is 5.32 Å². The zero-order valence-electron chi connectivity index (χ0n) is 17.6. The number of para-hydroxylation sites is 3. The van der Waals surface area contributed by atoms with Crippen molar-refractivity contribution < 1.29 is 0 Å². The van der Waals surface area contributed by atoms with Gasteiger partial charge in [-0.1, -0.05) is 84.9 Å². The smallest absolute Gasteiger partial charge is 0.0542 e. The lowest BCUT2D eigenvalue weighted by atomic mass is 10.0. The maximum atomic E-state index is 3.67. The van der Waals surface area contributed by atoms with E-state index in [-0.39, 0.29) is 0 Å². The summed E-state index contributed by atoms with van der Waals surface area (Å²) in [7, 11) is 0. The fourth-order valence-electron chi connectivity index (χ4n) is 4.52. The molecule has 2 heteroatoms. The van der Waals surface area contributed by atoms with Crippen molar-refractivity contribution in [3.05, 3.63) is 127 Å². The number of nitrogens with zero attached hydrogens (tertiary/aromatic N) is 1. The Labute approximate surface area is 187 Å². The molecule has 0 aliphatic heterocycles. The molecule has 6 aromatic rings. The quantitative estimate of drug-likeness (QED) is 0.310. The summed E-state index contributed by atoms with van der Waals surface area (Å²) in [6.07, 6.45) is 0. The summed E-state index contributed by atoms with van der Waals surface area (Å²) < 4.78 is 2.34. The van der Waals surface area contributed by atoms with Crippen molar-refractivity contribution in [2.75, 3.05) is 5.32 Å². The molecule has 0 amide bonds. The van der Waals surface area contributed by atoms with E-state index < -0.39 is 0 Å². The second kappa shape index (κ2) is 7.75. The molecule has 0 aliphatic carbocycles. The monoisotopic (exact) mass is 410 g/mol. The van der Waals surface area contributed by atoms with Crippen molar-refractivity contribution >= 4 is 33.2 Å². The third-order valence-electron chi connectivity index (χ3n) is 5.98. The molecule has 0 radical (unpaired) electrons. The zero-order valence-corrected chi connectivity index (χ0v) is 17.6. The highest BCUT2D eigenvalue weighted by Crippen LogP contribution is 2.35. The Bertz CT molecular complexity index is 1530. The van der Waals surface area contributed by atoms with Crippen LogP contribution in [0.25, 0.3) is 38.6 Å². The van der Waals surface area contributed by atoms with Crippen LogP contribution in [0, 0.1) is 0 Å². The summed E-state index contributed by atoms with van der Waals surface area (Å²) in [6, 6.07) is 44.8. The first-order valence-corrected chi connectivity index (χ1v) is 10.9. The van der Waals surface area contributed by atoms with Gasteiger partial charge in [-0.05, 0) is 48.0 Å². The Morgan fingerprint density at radius 3 is 2.00 bits per heavy atom. The predicted molar refractivity (Wildman–Crippen MR) is 136 cm³/mol. The normalized spacial score (nSPS) is 11.1. The molecule has 0 atom stereocenters. The van der Waals surface area contributed by atoms with Crippen molar-refractivity contribution in [2.45, 2.75) is 0 Å². The van der Waals surface area contributed by atoms with Gasteiger partial charge in [0.15, 0.2) is 0 Å². The predicted octanol–water partition coefficient (Wildman–Crippen LogP) is 8.19. The summed E-state index contributed by atoms with van der Waals surface area (Å²) in [5, 5.41) is 6.17. The van der Waals surface area contributed by atoms with Crippen LogP contribution in [0.4, 0.5) is 11.4 Å². The van der Waals surface area contributed by atoms with Crippen molar-refractivity contribution in [1.82, 2.24) is 4.57 Å². The van der Waals surface area contributed by atoms with E-state index >= 15 is 0 Å². The van der Waals surface area contributed by atoms with E-state index in [9.17, 15) is 0 Å². The van der Waals surface area contributed by atoms with E-state index in [2.05, 4.69) is 137 Å². The minimum absolute atomic E-state index is 1.08. The summed E-state index contributed by atoms with van der Waals surface area (Å²) in [6.45, 7) is 0. The Hall–Kier alpha value is -4.30. The van der Waals surface area contributed by atoms with Gasteiger partial charge in [0, 0.05) is 33.4 Å². The average Bonchev–Trinajstić information content (AvgIpc) is 3.19. The highest BCUT2D eigenvalue weighted by atomic mass is 15.0. The summed E-state index contributed by atoms with van der Waals surface area (Å²) in [4.78, 5) is 0. The van der Waals surface area contributed by atoms with Crippen molar-refractivity contribution in [1.29, 1.82) is 0 Å². The second-order valence-electron chi connectivity index (χ2n) is 7.96. The van der Waals surface area contributed by atoms with Gasteiger partial charge in [0.2, 0.25) is 0 Å². The molecule has 5 aromatic carbocycles. The molecule has 2 nitrogen and oxygen atoms in total. The van der Waals surface area contributed by atoms with Gasteiger partial charge in [0.25, 0.3) is 0 Å². The number of hydrogen-bond acceptors (Lipinski definition) is 1. The molecule has 0 fully saturated rings. The van der Waals surface area contributed by atoms with Crippen LogP contribution in [-0.4, -0.2) is 4.57 Å². The number of benzene rings is 5. The van der Waals surface area contributed by atoms with Crippen LogP contribution in [0.2, 0.25) is 0 Å². The van der Waals surface area contributed by atoms with Crippen molar-refractivity contribution in [3.8, 4) is 16.8 Å². The lowest BCUT2D eigenvalue weighted by molar-refractivity contribution is 1.18. The molecule has 1 aromatic heterocycles. The highest BCUT2D eigenvalue weighted by molar-refractivity contribution is 6.10. The topological polar surface area (TPSA) is 17.0 Å². The van der Waals surface area contributed by atoms with Gasteiger partial charge in [0.1, 0.15) is 0 Å². The number of rotatable bonds is 4. The van der Waals surface area contributed by atoms with Crippen LogP contribution in [0.5, 0.6) is 0 Å². The molecule has 0 bridgehead atoms. The Kier molecular flexibility index (Phi) is 4.47. The van der Waals surface area contributed by atoms with E-state index in [1.54, 1.807) is 0 Å². The first-order valence-electron chi connectivity index (χ1n) is 10.9. The Balaban J connectivity index is 1.49. The molecule has 0 aliphatic rings. The zero-order chi connectivity index (χ0) is 21.3. The van der Waals surface area contributed by atoms with Crippen LogP contribution in [-0.2, 0) is 0 Å². The van der Waals surface area contributed by atoms with E-state index in [4.69, 9.17) is 0 Å². The van der Waals surface area contributed by atoms with E-state index in [1.165, 1.54) is 38.6 Å². The third kappa shape index (κ3) is 3.14. The van der Waals surface area contributed by atoms with Gasteiger partial charge >= 0.3 is 0 Å². The molecule has 0 saturated heterocycles. The van der Waals surface area contributed by atoms with E-state index in [1.807, 2.05) is 0 Å². The van der Waals surface area contributed by atoms with Crippen LogP contribution in [0.3, 0.4) is 0 Å². The van der Waals surface area contributed by atoms with Crippen molar-refractivity contribution in [2.24, 2.45) is 0 Å².